The van der Waals surface area contributed by atoms with Crippen molar-refractivity contribution in [1.82, 2.24) is 4.57 Å². The van der Waals surface area contributed by atoms with Crippen molar-refractivity contribution in [2.45, 2.75) is 46.6 Å². The summed E-state index contributed by atoms with van der Waals surface area (Å²) in [5.74, 6) is 0.107. The van der Waals surface area contributed by atoms with Gasteiger partial charge in [-0.3, -0.25) is 9.59 Å². The summed E-state index contributed by atoms with van der Waals surface area (Å²) in [5.41, 5.74) is 5.46. The highest BCUT2D eigenvalue weighted by molar-refractivity contribution is 6.16. The lowest BCUT2D eigenvalue weighted by Crippen LogP contribution is -2.05. The zero-order valence-electron chi connectivity index (χ0n) is 17.9. The van der Waals surface area contributed by atoms with Crippen molar-refractivity contribution in [2.24, 2.45) is 0 Å². The molecule has 30 heavy (non-hydrogen) atoms. The number of carbonyl (C=O) groups excluding carboxylic acids is 2. The van der Waals surface area contributed by atoms with Crippen molar-refractivity contribution in [3.05, 3.63) is 82.9 Å². The average molecular weight is 398 g/mol. The van der Waals surface area contributed by atoms with Crippen LogP contribution < -0.4 is 0 Å². The molecule has 0 aliphatic rings. The molecule has 0 bridgehead atoms. The first kappa shape index (κ1) is 20.1. The molecule has 0 saturated heterocycles. The van der Waals surface area contributed by atoms with Gasteiger partial charge in [-0.2, -0.15) is 0 Å². The predicted octanol–water partition coefficient (Wildman–Crippen LogP) is 6.59. The van der Waals surface area contributed by atoms with Crippen LogP contribution in [0.25, 0.3) is 21.8 Å². The van der Waals surface area contributed by atoms with Crippen LogP contribution in [-0.4, -0.2) is 16.1 Å². The lowest BCUT2D eigenvalue weighted by molar-refractivity contribution is 0.101. The van der Waals surface area contributed by atoms with Crippen molar-refractivity contribution >= 4 is 33.4 Å². The van der Waals surface area contributed by atoms with E-state index in [4.69, 9.17) is 0 Å². The fraction of sp³-hybridized carbons (Fsp3) is 0.259. The molecule has 0 N–H and O–H groups in total. The Morgan fingerprint density at radius 2 is 1.47 bits per heavy atom. The van der Waals surface area contributed by atoms with Crippen molar-refractivity contribution in [3.63, 3.8) is 0 Å². The van der Waals surface area contributed by atoms with Gasteiger partial charge in [0.05, 0.1) is 0 Å². The van der Waals surface area contributed by atoms with Crippen LogP contribution in [0.3, 0.4) is 0 Å². The third-order valence-corrected chi connectivity index (χ3v) is 5.91. The van der Waals surface area contributed by atoms with Crippen LogP contribution in [0.2, 0.25) is 0 Å². The number of aromatic nitrogens is 1. The van der Waals surface area contributed by atoms with E-state index >= 15 is 0 Å². The molecule has 0 atom stereocenters. The molecule has 152 valence electrons. The van der Waals surface area contributed by atoms with Crippen molar-refractivity contribution in [1.29, 1.82) is 0 Å². The van der Waals surface area contributed by atoms with Crippen molar-refractivity contribution in [2.75, 3.05) is 0 Å². The lowest BCUT2D eigenvalue weighted by atomic mass is 9.94. The number of aryl methyl sites for hydroxylation is 2. The number of rotatable bonds is 7. The number of nitrogens with zero attached hydrogens (tertiary/aromatic N) is 1. The molecule has 0 aliphatic heterocycles. The first-order valence-corrected chi connectivity index (χ1v) is 10.7. The highest BCUT2D eigenvalue weighted by Crippen LogP contribution is 2.31. The molecule has 3 nitrogen and oxygen atoms in total. The maximum atomic E-state index is 13.4. The molecule has 3 aromatic carbocycles. The van der Waals surface area contributed by atoms with Gasteiger partial charge in [-0.05, 0) is 68.7 Å². The second-order valence-corrected chi connectivity index (χ2v) is 7.85. The van der Waals surface area contributed by atoms with Gasteiger partial charge in [0, 0.05) is 45.0 Å². The van der Waals surface area contributed by atoms with Crippen LogP contribution in [0.4, 0.5) is 0 Å². The van der Waals surface area contributed by atoms with E-state index in [2.05, 4.69) is 24.5 Å². The smallest absolute Gasteiger partial charge is 0.193 e. The van der Waals surface area contributed by atoms with Crippen molar-refractivity contribution in [3.8, 4) is 0 Å². The molecule has 0 radical (unpaired) electrons. The molecule has 0 saturated carbocycles. The third-order valence-electron chi connectivity index (χ3n) is 5.91. The topological polar surface area (TPSA) is 39.1 Å². The minimum atomic E-state index is 0.0476. The molecule has 1 aromatic heterocycles. The van der Waals surface area contributed by atoms with E-state index in [0.717, 1.165) is 58.7 Å². The van der Waals surface area contributed by atoms with Gasteiger partial charge in [0.2, 0.25) is 0 Å². The zero-order valence-corrected chi connectivity index (χ0v) is 17.9. The normalized spacial score (nSPS) is 11.3. The number of ketones is 2. The maximum absolute atomic E-state index is 13.4. The van der Waals surface area contributed by atoms with E-state index in [1.807, 2.05) is 54.6 Å². The summed E-state index contributed by atoms with van der Waals surface area (Å²) in [7, 11) is 0. The quantitative estimate of drug-likeness (QED) is 0.330. The van der Waals surface area contributed by atoms with Crippen molar-refractivity contribution < 1.29 is 9.59 Å². The van der Waals surface area contributed by atoms with Gasteiger partial charge in [0.15, 0.2) is 11.6 Å². The first-order valence-electron chi connectivity index (χ1n) is 10.7. The van der Waals surface area contributed by atoms with Crippen LogP contribution in [0.1, 0.15) is 65.5 Å². The second kappa shape index (κ2) is 8.27. The average Bonchev–Trinajstić information content (AvgIpc) is 3.09. The molecular formula is C27H27NO2. The number of unbranched alkanes of at least 4 members (excludes halogenated alkanes) is 1. The molecule has 3 heteroatoms. The Bertz CT molecular complexity index is 1260. The Balaban J connectivity index is 1.87. The molecule has 0 unspecified atom stereocenters. The predicted molar refractivity (Wildman–Crippen MR) is 124 cm³/mol. The summed E-state index contributed by atoms with van der Waals surface area (Å²) in [5, 5.41) is 2.04. The Labute approximate surface area is 177 Å². The number of hydrogen-bond acceptors (Lipinski definition) is 2. The zero-order chi connectivity index (χ0) is 21.3. The van der Waals surface area contributed by atoms with Crippen LogP contribution >= 0.6 is 0 Å². The Morgan fingerprint density at radius 1 is 0.833 bits per heavy atom. The first-order chi connectivity index (χ1) is 14.5. The van der Waals surface area contributed by atoms with Gasteiger partial charge in [0.1, 0.15) is 0 Å². The maximum Gasteiger partial charge on any atom is 0.193 e. The van der Waals surface area contributed by atoms with E-state index in [9.17, 15) is 9.59 Å². The monoisotopic (exact) mass is 397 g/mol. The largest absolute Gasteiger partial charge is 0.341 e. The summed E-state index contributed by atoms with van der Waals surface area (Å²) in [4.78, 5) is 25.3. The Kier molecular flexibility index (Phi) is 5.54. The van der Waals surface area contributed by atoms with Crippen LogP contribution in [0.15, 0.2) is 60.7 Å². The molecule has 1 heterocycles. The molecular weight excluding hydrogens is 370 g/mol. The summed E-state index contributed by atoms with van der Waals surface area (Å²) in [6.45, 7) is 6.69. The minimum Gasteiger partial charge on any atom is -0.341 e. The fourth-order valence-corrected chi connectivity index (χ4v) is 4.29. The number of hydrogen-bond donors (Lipinski definition) is 0. The van der Waals surface area contributed by atoms with E-state index in [-0.39, 0.29) is 11.6 Å². The van der Waals surface area contributed by atoms with Gasteiger partial charge in [0.25, 0.3) is 0 Å². The third kappa shape index (κ3) is 3.45. The summed E-state index contributed by atoms with van der Waals surface area (Å²) in [6.07, 6.45) is 3.09. The number of carbonyl (C=O) groups is 2. The van der Waals surface area contributed by atoms with Crippen LogP contribution in [0.5, 0.6) is 0 Å². The summed E-state index contributed by atoms with van der Waals surface area (Å²) in [6, 6.07) is 19.7. The van der Waals surface area contributed by atoms with E-state index in [0.29, 0.717) is 11.1 Å². The van der Waals surface area contributed by atoms with E-state index < -0.39 is 0 Å². The Morgan fingerprint density at radius 3 is 2.10 bits per heavy atom. The van der Waals surface area contributed by atoms with E-state index in [1.54, 1.807) is 6.92 Å². The van der Waals surface area contributed by atoms with Gasteiger partial charge in [-0.25, -0.2) is 0 Å². The van der Waals surface area contributed by atoms with Gasteiger partial charge in [-0.15, -0.1) is 0 Å². The summed E-state index contributed by atoms with van der Waals surface area (Å²) >= 11 is 0. The Hall–Kier alpha value is -3.20. The molecule has 4 rings (SSSR count). The summed E-state index contributed by atoms with van der Waals surface area (Å²) < 4.78 is 2.23. The second-order valence-electron chi connectivity index (χ2n) is 7.85. The molecule has 0 amide bonds. The highest BCUT2D eigenvalue weighted by Gasteiger charge is 2.17. The van der Waals surface area contributed by atoms with E-state index in [1.165, 1.54) is 0 Å². The lowest BCUT2D eigenvalue weighted by Gasteiger charge is -2.09. The molecule has 0 aliphatic carbocycles. The molecule has 4 aromatic rings. The molecule has 0 fully saturated rings. The van der Waals surface area contributed by atoms with Gasteiger partial charge < -0.3 is 4.57 Å². The SMILES string of the molecule is CCCCc1ccccc1C(=O)c1ccc2c(c1)c1cc(C(C)=O)ccc1n2CC. The number of fused-ring (bicyclic) bond motifs is 3. The van der Waals surface area contributed by atoms with Crippen LogP contribution in [0, 0.1) is 0 Å². The molecule has 0 spiro atoms. The standard InChI is InChI=1S/C27H27NO2/c1-4-6-9-19-10-7-8-11-22(19)27(30)21-13-15-26-24(17-21)23-16-20(18(3)29)12-14-25(23)28(26)5-2/h7-8,10-17H,4-6,9H2,1-3H3. The highest BCUT2D eigenvalue weighted by atomic mass is 16.1. The van der Waals surface area contributed by atoms with Crippen LogP contribution in [-0.2, 0) is 13.0 Å². The number of Topliss-reactive ketones (excluding diaryl/α,β-unsaturated/α-hetero) is 1. The van der Waals surface area contributed by atoms with Gasteiger partial charge in [-0.1, -0.05) is 37.6 Å². The van der Waals surface area contributed by atoms with Gasteiger partial charge >= 0.3 is 0 Å². The minimum absolute atomic E-state index is 0.0476. The fourth-order valence-electron chi connectivity index (χ4n) is 4.29. The number of benzene rings is 3.